The van der Waals surface area contributed by atoms with Crippen LogP contribution in [0.5, 0.6) is 5.75 Å². The molecule has 1 amide bonds. The summed E-state index contributed by atoms with van der Waals surface area (Å²) >= 11 is 0. The first kappa shape index (κ1) is 30.5. The SMILES string of the molecule is CC(C)(C)OC(=O)NC1(CCc2ccc(OCCCC3CCCCC3)c(C(F)(F)F)c2)COC(C)(C)OC1. The van der Waals surface area contributed by atoms with E-state index in [9.17, 15) is 18.0 Å². The van der Waals surface area contributed by atoms with Crippen LogP contribution in [-0.4, -0.2) is 42.8 Å². The molecule has 1 aliphatic heterocycles. The summed E-state index contributed by atoms with van der Waals surface area (Å²) in [4.78, 5) is 12.6. The summed E-state index contributed by atoms with van der Waals surface area (Å²) in [5.41, 5.74) is -1.93. The molecule has 3 rings (SSSR count). The van der Waals surface area contributed by atoms with Crippen molar-refractivity contribution in [1.82, 2.24) is 5.32 Å². The van der Waals surface area contributed by atoms with E-state index in [0.29, 0.717) is 17.9 Å². The van der Waals surface area contributed by atoms with Crippen molar-refractivity contribution in [2.75, 3.05) is 19.8 Å². The van der Waals surface area contributed by atoms with Gasteiger partial charge in [-0.1, -0.05) is 38.2 Å². The van der Waals surface area contributed by atoms with Crippen LogP contribution in [0.25, 0.3) is 0 Å². The van der Waals surface area contributed by atoms with Gasteiger partial charge in [0.15, 0.2) is 5.79 Å². The first-order chi connectivity index (χ1) is 17.7. The molecule has 1 saturated carbocycles. The van der Waals surface area contributed by atoms with E-state index in [1.807, 2.05) is 0 Å². The fourth-order valence-corrected chi connectivity index (χ4v) is 5.00. The first-order valence-corrected chi connectivity index (χ1v) is 13.8. The highest BCUT2D eigenvalue weighted by atomic mass is 19.4. The van der Waals surface area contributed by atoms with Gasteiger partial charge in [-0.3, -0.25) is 0 Å². The number of hydrogen-bond acceptors (Lipinski definition) is 5. The van der Waals surface area contributed by atoms with Crippen LogP contribution in [0.4, 0.5) is 18.0 Å². The van der Waals surface area contributed by atoms with Gasteiger partial charge >= 0.3 is 12.3 Å². The molecule has 0 atom stereocenters. The Morgan fingerprint density at radius 1 is 1.08 bits per heavy atom. The number of nitrogens with one attached hydrogen (secondary N) is 1. The second-order valence-corrected chi connectivity index (χ2v) is 12.2. The Balaban J connectivity index is 1.66. The third kappa shape index (κ3) is 9.63. The third-order valence-electron chi connectivity index (χ3n) is 7.14. The summed E-state index contributed by atoms with van der Waals surface area (Å²) < 4.78 is 64.4. The highest BCUT2D eigenvalue weighted by molar-refractivity contribution is 5.69. The molecule has 1 saturated heterocycles. The summed E-state index contributed by atoms with van der Waals surface area (Å²) in [5, 5.41) is 2.86. The number of carbonyl (C=O) groups excluding carboxylic acids is 1. The van der Waals surface area contributed by atoms with Crippen molar-refractivity contribution >= 4 is 6.09 Å². The maximum absolute atomic E-state index is 13.9. The molecule has 1 aromatic carbocycles. The second kappa shape index (κ2) is 12.5. The van der Waals surface area contributed by atoms with Crippen LogP contribution in [-0.2, 0) is 26.8 Å². The Bertz CT molecular complexity index is 910. The number of ether oxygens (including phenoxy) is 4. The van der Waals surface area contributed by atoms with Crippen molar-refractivity contribution < 1.29 is 36.9 Å². The summed E-state index contributed by atoms with van der Waals surface area (Å²) in [6, 6.07) is 4.21. The maximum Gasteiger partial charge on any atom is 0.419 e. The zero-order valence-electron chi connectivity index (χ0n) is 23.5. The lowest BCUT2D eigenvalue weighted by Crippen LogP contribution is -2.61. The maximum atomic E-state index is 13.9. The van der Waals surface area contributed by atoms with Gasteiger partial charge < -0.3 is 24.3 Å². The molecule has 1 N–H and O–H groups in total. The van der Waals surface area contributed by atoms with E-state index in [2.05, 4.69) is 5.32 Å². The molecular weight excluding hydrogens is 499 g/mol. The molecule has 0 bridgehead atoms. The van der Waals surface area contributed by atoms with Gasteiger partial charge in [-0.05, 0) is 83.9 Å². The van der Waals surface area contributed by atoms with E-state index in [1.54, 1.807) is 40.7 Å². The van der Waals surface area contributed by atoms with Crippen molar-refractivity contribution in [2.24, 2.45) is 5.92 Å². The van der Waals surface area contributed by atoms with Crippen LogP contribution in [0.15, 0.2) is 18.2 Å². The largest absolute Gasteiger partial charge is 0.493 e. The van der Waals surface area contributed by atoms with Gasteiger partial charge in [0.25, 0.3) is 0 Å². The van der Waals surface area contributed by atoms with Gasteiger partial charge in [0, 0.05) is 0 Å². The van der Waals surface area contributed by atoms with Gasteiger partial charge in [0.05, 0.1) is 30.9 Å². The normalized spacial score (nSPS) is 20.1. The minimum Gasteiger partial charge on any atom is -0.493 e. The summed E-state index contributed by atoms with van der Waals surface area (Å²) in [6.45, 7) is 9.38. The van der Waals surface area contributed by atoms with Crippen LogP contribution >= 0.6 is 0 Å². The molecule has 1 heterocycles. The smallest absolute Gasteiger partial charge is 0.419 e. The van der Waals surface area contributed by atoms with E-state index < -0.39 is 34.8 Å². The highest BCUT2D eigenvalue weighted by Crippen LogP contribution is 2.38. The molecule has 216 valence electrons. The van der Waals surface area contributed by atoms with Crippen molar-refractivity contribution in [3.63, 3.8) is 0 Å². The number of hydrogen-bond donors (Lipinski definition) is 1. The predicted octanol–water partition coefficient (Wildman–Crippen LogP) is 7.42. The molecule has 2 fully saturated rings. The molecule has 38 heavy (non-hydrogen) atoms. The first-order valence-electron chi connectivity index (χ1n) is 13.8. The van der Waals surface area contributed by atoms with E-state index >= 15 is 0 Å². The fraction of sp³-hybridized carbons (Fsp3) is 0.759. The fourth-order valence-electron chi connectivity index (χ4n) is 5.00. The topological polar surface area (TPSA) is 66.0 Å². The standard InChI is InChI=1S/C29H44F3NO5/c1-26(2,3)38-25(34)33-28(19-36-27(4,5)37-20-28)16-15-22-13-14-24(23(18-22)29(30,31)32)35-17-9-12-21-10-7-6-8-11-21/h13-14,18,21H,6-12,15-17,19-20H2,1-5H3,(H,33,34). The molecule has 0 spiro atoms. The third-order valence-corrected chi connectivity index (χ3v) is 7.14. The monoisotopic (exact) mass is 543 g/mol. The molecule has 6 nitrogen and oxygen atoms in total. The van der Waals surface area contributed by atoms with Gasteiger partial charge in [-0.2, -0.15) is 13.2 Å². The quantitative estimate of drug-likeness (QED) is 0.328. The van der Waals surface area contributed by atoms with Crippen LogP contribution in [0.3, 0.4) is 0 Å². The zero-order chi connectivity index (χ0) is 28.0. The van der Waals surface area contributed by atoms with Crippen molar-refractivity contribution in [3.05, 3.63) is 29.3 Å². The van der Waals surface area contributed by atoms with Gasteiger partial charge in [0.1, 0.15) is 11.4 Å². The number of carbonyl (C=O) groups is 1. The average Bonchev–Trinajstić information content (AvgIpc) is 2.82. The average molecular weight is 544 g/mol. The van der Waals surface area contributed by atoms with Gasteiger partial charge in [0.2, 0.25) is 0 Å². The van der Waals surface area contributed by atoms with Crippen LogP contribution in [0.2, 0.25) is 0 Å². The molecule has 0 radical (unpaired) electrons. The lowest BCUT2D eigenvalue weighted by molar-refractivity contribution is -0.271. The predicted molar refractivity (Wildman–Crippen MR) is 139 cm³/mol. The van der Waals surface area contributed by atoms with Crippen molar-refractivity contribution in [3.8, 4) is 5.75 Å². The Labute approximate surface area is 224 Å². The van der Waals surface area contributed by atoms with Crippen LogP contribution in [0.1, 0.15) is 97.1 Å². The van der Waals surface area contributed by atoms with Crippen molar-refractivity contribution in [2.45, 2.75) is 116 Å². The van der Waals surface area contributed by atoms with E-state index in [-0.39, 0.29) is 32.0 Å². The van der Waals surface area contributed by atoms with Crippen LogP contribution in [0, 0.1) is 5.92 Å². The lowest BCUT2D eigenvalue weighted by atomic mass is 9.86. The summed E-state index contributed by atoms with van der Waals surface area (Å²) in [5.74, 6) is -0.298. The number of aryl methyl sites for hydroxylation is 1. The highest BCUT2D eigenvalue weighted by Gasteiger charge is 2.42. The zero-order valence-corrected chi connectivity index (χ0v) is 23.5. The minimum atomic E-state index is -4.54. The van der Waals surface area contributed by atoms with Gasteiger partial charge in [-0.25, -0.2) is 4.79 Å². The van der Waals surface area contributed by atoms with Gasteiger partial charge in [-0.15, -0.1) is 0 Å². The summed E-state index contributed by atoms with van der Waals surface area (Å²) in [7, 11) is 0. The van der Waals surface area contributed by atoms with E-state index in [4.69, 9.17) is 18.9 Å². The Kier molecular flexibility index (Phi) is 10.0. The molecule has 9 heteroatoms. The molecule has 0 aromatic heterocycles. The summed E-state index contributed by atoms with van der Waals surface area (Å²) in [6.07, 6.45) is 3.35. The number of benzene rings is 1. The molecule has 1 aliphatic carbocycles. The van der Waals surface area contributed by atoms with E-state index in [0.717, 1.165) is 18.9 Å². The van der Waals surface area contributed by atoms with Crippen molar-refractivity contribution in [1.29, 1.82) is 0 Å². The minimum absolute atomic E-state index is 0.141. The number of halogens is 3. The molecule has 2 aliphatic rings. The Hall–Kier alpha value is -2.00. The number of alkyl carbamates (subject to hydrolysis) is 1. The number of rotatable bonds is 9. The van der Waals surface area contributed by atoms with E-state index in [1.165, 1.54) is 38.2 Å². The molecular formula is C29H44F3NO5. The number of alkyl halides is 3. The molecule has 0 unspecified atom stereocenters. The second-order valence-electron chi connectivity index (χ2n) is 12.2. The van der Waals surface area contributed by atoms with Crippen LogP contribution < -0.4 is 10.1 Å². The Morgan fingerprint density at radius 2 is 1.74 bits per heavy atom. The Morgan fingerprint density at radius 3 is 2.34 bits per heavy atom. The lowest BCUT2D eigenvalue weighted by Gasteiger charge is -2.44. The number of amides is 1. The molecule has 1 aromatic rings.